The Morgan fingerprint density at radius 3 is 2.40 bits per heavy atom. The van der Waals surface area contributed by atoms with Crippen molar-refractivity contribution in [2.75, 3.05) is 6.54 Å². The van der Waals surface area contributed by atoms with Crippen LogP contribution in [-0.4, -0.2) is 40.9 Å². The van der Waals surface area contributed by atoms with Gasteiger partial charge in [0.05, 0.1) is 18.5 Å². The van der Waals surface area contributed by atoms with Crippen LogP contribution in [-0.2, 0) is 11.2 Å². The Hall–Kier alpha value is -2.09. The third-order valence-electron chi connectivity index (χ3n) is 2.47. The van der Waals surface area contributed by atoms with Gasteiger partial charge in [0.2, 0.25) is 5.91 Å². The number of aliphatic hydroxyl groups is 1. The quantitative estimate of drug-likeness (QED) is 0.754. The summed E-state index contributed by atoms with van der Waals surface area (Å²) in [7, 11) is 0. The number of halogens is 3. The summed E-state index contributed by atoms with van der Waals surface area (Å²) in [6, 6.07) is 5.66. The zero-order valence-electron chi connectivity index (χ0n) is 10.1. The van der Waals surface area contributed by atoms with Crippen LogP contribution in [0.2, 0.25) is 0 Å². The molecule has 110 valence electrons. The van der Waals surface area contributed by atoms with Gasteiger partial charge in [0.1, 0.15) is 0 Å². The number of aliphatic hydroxyl groups excluding tert-OH is 1. The SMILES string of the molecule is O=C(Cc1ccccc1C(=O)O)NCC(O)C(F)(F)F. The average molecular weight is 291 g/mol. The fourth-order valence-corrected chi connectivity index (χ4v) is 1.44. The van der Waals surface area contributed by atoms with Gasteiger partial charge in [-0.2, -0.15) is 13.2 Å². The van der Waals surface area contributed by atoms with Gasteiger partial charge in [0, 0.05) is 0 Å². The van der Waals surface area contributed by atoms with E-state index in [9.17, 15) is 22.8 Å². The van der Waals surface area contributed by atoms with Crippen LogP contribution in [0, 0.1) is 0 Å². The molecule has 0 fully saturated rings. The summed E-state index contributed by atoms with van der Waals surface area (Å²) in [6.07, 6.45) is -7.85. The molecule has 0 aliphatic heterocycles. The summed E-state index contributed by atoms with van der Waals surface area (Å²) in [5.41, 5.74) is 0.0815. The Bertz CT molecular complexity index is 502. The molecule has 1 aromatic rings. The Balaban J connectivity index is 2.62. The summed E-state index contributed by atoms with van der Waals surface area (Å²) in [5, 5.41) is 19.5. The van der Waals surface area contributed by atoms with Gasteiger partial charge in [0.15, 0.2) is 6.10 Å². The van der Waals surface area contributed by atoms with E-state index in [4.69, 9.17) is 10.2 Å². The lowest BCUT2D eigenvalue weighted by Gasteiger charge is -2.15. The molecule has 3 N–H and O–H groups in total. The highest BCUT2D eigenvalue weighted by Gasteiger charge is 2.38. The number of carboxylic acids is 1. The number of carbonyl (C=O) groups is 2. The van der Waals surface area contributed by atoms with Gasteiger partial charge in [-0.1, -0.05) is 18.2 Å². The normalized spacial score (nSPS) is 12.8. The number of hydrogen-bond donors (Lipinski definition) is 3. The van der Waals surface area contributed by atoms with Gasteiger partial charge >= 0.3 is 12.1 Å². The molecule has 1 atom stereocenters. The van der Waals surface area contributed by atoms with Crippen molar-refractivity contribution in [3.8, 4) is 0 Å². The van der Waals surface area contributed by atoms with E-state index in [1.54, 1.807) is 0 Å². The van der Waals surface area contributed by atoms with Crippen molar-refractivity contribution in [3.63, 3.8) is 0 Å². The highest BCUT2D eigenvalue weighted by atomic mass is 19.4. The standard InChI is InChI=1S/C12H12F3NO4/c13-12(14,15)9(17)6-16-10(18)5-7-3-1-2-4-8(7)11(19)20/h1-4,9,17H,5-6H2,(H,16,18)(H,19,20). The highest BCUT2D eigenvalue weighted by molar-refractivity contribution is 5.91. The first kappa shape index (κ1) is 16.0. The minimum absolute atomic E-state index is 0.0981. The summed E-state index contributed by atoms with van der Waals surface area (Å²) in [6.45, 7) is -0.975. The second kappa shape index (κ2) is 6.38. The minimum Gasteiger partial charge on any atom is -0.478 e. The Kier molecular flexibility index (Phi) is 5.09. The molecule has 8 heteroatoms. The van der Waals surface area contributed by atoms with Gasteiger partial charge < -0.3 is 15.5 Å². The Morgan fingerprint density at radius 1 is 1.25 bits per heavy atom. The van der Waals surface area contributed by atoms with E-state index in [1.807, 2.05) is 5.32 Å². The molecule has 1 unspecified atom stereocenters. The van der Waals surface area contributed by atoms with Crippen LogP contribution in [0.25, 0.3) is 0 Å². The van der Waals surface area contributed by atoms with E-state index in [2.05, 4.69) is 0 Å². The summed E-state index contributed by atoms with van der Waals surface area (Å²) in [5.74, 6) is -2.04. The van der Waals surface area contributed by atoms with Gasteiger partial charge in [-0.15, -0.1) is 0 Å². The van der Waals surface area contributed by atoms with E-state index >= 15 is 0 Å². The van der Waals surface area contributed by atoms with Crippen LogP contribution in [0.3, 0.4) is 0 Å². The van der Waals surface area contributed by atoms with E-state index in [0.717, 1.165) is 0 Å². The molecule has 0 aromatic heterocycles. The number of amides is 1. The second-order valence-corrected chi connectivity index (χ2v) is 4.00. The van der Waals surface area contributed by atoms with Crippen LogP contribution in [0.5, 0.6) is 0 Å². The molecule has 1 aromatic carbocycles. The molecule has 0 radical (unpaired) electrons. The molecule has 0 spiro atoms. The maximum absolute atomic E-state index is 12.0. The Labute approximate surface area is 112 Å². The number of benzene rings is 1. The maximum Gasteiger partial charge on any atom is 0.416 e. The van der Waals surface area contributed by atoms with Crippen molar-refractivity contribution in [1.29, 1.82) is 0 Å². The number of hydrogen-bond acceptors (Lipinski definition) is 3. The van der Waals surface area contributed by atoms with Crippen molar-refractivity contribution in [3.05, 3.63) is 35.4 Å². The Morgan fingerprint density at radius 2 is 1.85 bits per heavy atom. The van der Waals surface area contributed by atoms with Crippen molar-refractivity contribution in [1.82, 2.24) is 5.32 Å². The van der Waals surface area contributed by atoms with Gasteiger partial charge in [0.25, 0.3) is 0 Å². The van der Waals surface area contributed by atoms with Crippen LogP contribution in [0.15, 0.2) is 24.3 Å². The monoisotopic (exact) mass is 291 g/mol. The zero-order valence-corrected chi connectivity index (χ0v) is 10.1. The lowest BCUT2D eigenvalue weighted by molar-refractivity contribution is -0.201. The molecule has 1 rings (SSSR count). The summed E-state index contributed by atoms with van der Waals surface area (Å²) < 4.78 is 36.1. The molecular weight excluding hydrogens is 279 g/mol. The van der Waals surface area contributed by atoms with Gasteiger partial charge in [-0.3, -0.25) is 4.79 Å². The van der Waals surface area contributed by atoms with E-state index < -0.39 is 30.7 Å². The fraction of sp³-hybridized carbons (Fsp3) is 0.333. The molecular formula is C12H12F3NO4. The third-order valence-corrected chi connectivity index (χ3v) is 2.47. The molecule has 0 saturated heterocycles. The van der Waals surface area contributed by atoms with Crippen molar-refractivity contribution in [2.24, 2.45) is 0 Å². The topological polar surface area (TPSA) is 86.6 Å². The van der Waals surface area contributed by atoms with E-state index in [0.29, 0.717) is 0 Å². The van der Waals surface area contributed by atoms with Gasteiger partial charge in [-0.05, 0) is 11.6 Å². The summed E-state index contributed by atoms with van der Waals surface area (Å²) >= 11 is 0. The third kappa shape index (κ3) is 4.54. The number of aromatic carboxylic acids is 1. The number of carboxylic acid groups (broad SMARTS) is 1. The molecule has 0 aliphatic rings. The van der Waals surface area contributed by atoms with Crippen molar-refractivity contribution < 1.29 is 33.0 Å². The predicted molar refractivity (Wildman–Crippen MR) is 62.2 cm³/mol. The minimum atomic E-state index is -4.81. The first-order valence-electron chi connectivity index (χ1n) is 5.54. The van der Waals surface area contributed by atoms with E-state index in [-0.39, 0.29) is 17.5 Å². The fourth-order valence-electron chi connectivity index (χ4n) is 1.44. The number of carbonyl (C=O) groups excluding carboxylic acids is 1. The average Bonchev–Trinajstić information content (AvgIpc) is 2.35. The largest absolute Gasteiger partial charge is 0.478 e. The van der Waals surface area contributed by atoms with Crippen LogP contribution in [0.4, 0.5) is 13.2 Å². The zero-order chi connectivity index (χ0) is 15.3. The van der Waals surface area contributed by atoms with Crippen LogP contribution < -0.4 is 5.32 Å². The smallest absolute Gasteiger partial charge is 0.416 e. The van der Waals surface area contributed by atoms with Crippen LogP contribution in [0.1, 0.15) is 15.9 Å². The number of nitrogens with one attached hydrogen (secondary N) is 1. The predicted octanol–water partition coefficient (Wildman–Crippen LogP) is 0.967. The maximum atomic E-state index is 12.0. The van der Waals surface area contributed by atoms with Crippen LogP contribution >= 0.6 is 0 Å². The van der Waals surface area contributed by atoms with E-state index in [1.165, 1.54) is 24.3 Å². The number of alkyl halides is 3. The van der Waals surface area contributed by atoms with Gasteiger partial charge in [-0.25, -0.2) is 4.79 Å². The molecule has 1 amide bonds. The molecule has 0 aliphatic carbocycles. The molecule has 0 saturated carbocycles. The molecule has 0 heterocycles. The van der Waals surface area contributed by atoms with Crippen molar-refractivity contribution >= 4 is 11.9 Å². The molecule has 5 nitrogen and oxygen atoms in total. The second-order valence-electron chi connectivity index (χ2n) is 4.00. The first-order valence-corrected chi connectivity index (χ1v) is 5.54. The van der Waals surface area contributed by atoms with Crippen molar-refractivity contribution in [2.45, 2.75) is 18.7 Å². The summed E-state index contributed by atoms with van der Waals surface area (Å²) in [4.78, 5) is 22.3. The lowest BCUT2D eigenvalue weighted by Crippen LogP contribution is -2.41. The molecule has 0 bridgehead atoms. The molecule has 20 heavy (non-hydrogen) atoms. The highest BCUT2D eigenvalue weighted by Crippen LogP contribution is 2.19. The first-order chi connectivity index (χ1) is 9.21. The number of rotatable bonds is 5. The lowest BCUT2D eigenvalue weighted by atomic mass is 10.0.